The molecule has 0 bridgehead atoms. The molecule has 112 valence electrons. The quantitative estimate of drug-likeness (QED) is 0.847. The second-order valence-corrected chi connectivity index (χ2v) is 6.66. The maximum absolute atomic E-state index is 5.94. The molecular formula is C15H22BN3O2. The molecule has 1 aromatic heterocycles. The largest absolute Gasteiger partial charge is 0.487 e. The van der Waals surface area contributed by atoms with Crippen molar-refractivity contribution in [2.75, 3.05) is 23.9 Å². The Morgan fingerprint density at radius 2 is 1.95 bits per heavy atom. The van der Waals surface area contributed by atoms with Crippen LogP contribution in [-0.4, -0.2) is 37.0 Å². The van der Waals surface area contributed by atoms with Gasteiger partial charge in [-0.2, -0.15) is 0 Å². The van der Waals surface area contributed by atoms with Crippen molar-refractivity contribution in [2.24, 2.45) is 0 Å². The first-order chi connectivity index (χ1) is 9.78. The van der Waals surface area contributed by atoms with Gasteiger partial charge in [0.25, 0.3) is 0 Å². The van der Waals surface area contributed by atoms with E-state index in [0.717, 1.165) is 23.7 Å². The van der Waals surface area contributed by atoms with Gasteiger partial charge in [-0.25, -0.2) is 4.98 Å². The lowest BCUT2D eigenvalue weighted by molar-refractivity contribution is 0.00578. The molecule has 5 nitrogen and oxygen atoms in total. The first-order valence-corrected chi connectivity index (χ1v) is 7.27. The van der Waals surface area contributed by atoms with Crippen molar-refractivity contribution in [3.63, 3.8) is 0 Å². The average molecular weight is 287 g/mol. The van der Waals surface area contributed by atoms with Crippen LogP contribution in [0.1, 0.15) is 33.3 Å². The molecule has 0 unspecified atom stereocenters. The number of pyridine rings is 1. The molecule has 2 aliphatic rings. The van der Waals surface area contributed by atoms with E-state index in [9.17, 15) is 0 Å². The lowest BCUT2D eigenvalue weighted by Gasteiger charge is -2.32. The summed E-state index contributed by atoms with van der Waals surface area (Å²) in [4.78, 5) is 6.55. The molecule has 6 heteroatoms. The third-order valence-electron chi connectivity index (χ3n) is 4.47. The minimum Gasteiger partial charge on any atom is -0.400 e. The number of aromatic nitrogens is 1. The van der Waals surface area contributed by atoms with Gasteiger partial charge >= 0.3 is 7.12 Å². The van der Waals surface area contributed by atoms with Crippen molar-refractivity contribution < 1.29 is 9.31 Å². The van der Waals surface area contributed by atoms with Crippen LogP contribution in [0.5, 0.6) is 0 Å². The molecule has 21 heavy (non-hydrogen) atoms. The fourth-order valence-corrected chi connectivity index (χ4v) is 2.43. The van der Waals surface area contributed by atoms with Crippen LogP contribution in [-0.2, 0) is 9.31 Å². The van der Waals surface area contributed by atoms with Crippen molar-refractivity contribution in [3.8, 4) is 0 Å². The Morgan fingerprint density at radius 1 is 1.29 bits per heavy atom. The highest BCUT2D eigenvalue weighted by Crippen LogP contribution is 2.37. The van der Waals surface area contributed by atoms with Crippen LogP contribution >= 0.6 is 0 Å². The number of fused-ring (bicyclic) bond motifs is 1. The van der Waals surface area contributed by atoms with Gasteiger partial charge in [0, 0.05) is 13.2 Å². The minimum absolute atomic E-state index is 0.303. The van der Waals surface area contributed by atoms with Crippen molar-refractivity contribution in [3.05, 3.63) is 23.8 Å². The maximum atomic E-state index is 5.94. The first-order valence-electron chi connectivity index (χ1n) is 7.27. The molecule has 1 N–H and O–H groups in total. The van der Waals surface area contributed by atoms with Crippen molar-refractivity contribution in [1.82, 2.24) is 4.98 Å². The summed E-state index contributed by atoms with van der Waals surface area (Å²) in [6, 6.07) is 2.09. The molecule has 1 fully saturated rings. The summed E-state index contributed by atoms with van der Waals surface area (Å²) < 4.78 is 11.9. The smallest absolute Gasteiger partial charge is 0.400 e. The van der Waals surface area contributed by atoms with E-state index in [1.807, 2.05) is 25.3 Å². The molecule has 0 aromatic carbocycles. The number of nitrogens with one attached hydrogen (secondary N) is 1. The van der Waals surface area contributed by atoms with E-state index >= 15 is 0 Å². The van der Waals surface area contributed by atoms with E-state index in [0.29, 0.717) is 0 Å². The van der Waals surface area contributed by atoms with E-state index < -0.39 is 0 Å². The van der Waals surface area contributed by atoms with Gasteiger partial charge in [0.15, 0.2) is 5.82 Å². The Balaban J connectivity index is 1.73. The molecule has 1 aromatic rings. The van der Waals surface area contributed by atoms with Gasteiger partial charge in [-0.3, -0.25) is 0 Å². The van der Waals surface area contributed by atoms with Crippen LogP contribution in [0.2, 0.25) is 0 Å². The lowest BCUT2D eigenvalue weighted by atomic mass is 9.89. The normalized spacial score (nSPS) is 22.7. The zero-order valence-electron chi connectivity index (χ0n) is 13.3. The van der Waals surface area contributed by atoms with Crippen molar-refractivity contribution in [1.29, 1.82) is 0 Å². The van der Waals surface area contributed by atoms with Crippen LogP contribution in [0, 0.1) is 0 Å². The highest BCUT2D eigenvalue weighted by molar-refractivity contribution is 6.52. The summed E-state index contributed by atoms with van der Waals surface area (Å²) in [5.74, 6) is 2.93. The maximum Gasteiger partial charge on any atom is 0.487 e. The summed E-state index contributed by atoms with van der Waals surface area (Å²) in [6.07, 6.45) is 3.86. The molecule has 0 radical (unpaired) electrons. The van der Waals surface area contributed by atoms with Gasteiger partial charge < -0.3 is 19.5 Å². The molecular weight excluding hydrogens is 265 g/mol. The lowest BCUT2D eigenvalue weighted by Crippen LogP contribution is -2.41. The van der Waals surface area contributed by atoms with E-state index in [4.69, 9.17) is 9.31 Å². The SMILES string of the molecule is CN1CNc2cc(/C=C/B3OC(C)(C)C(C)(C)O3)cnc21. The van der Waals surface area contributed by atoms with Gasteiger partial charge in [0.05, 0.1) is 23.6 Å². The van der Waals surface area contributed by atoms with E-state index in [2.05, 4.69) is 49.0 Å². The van der Waals surface area contributed by atoms with Gasteiger partial charge in [-0.15, -0.1) is 0 Å². The molecule has 2 aliphatic heterocycles. The fourth-order valence-electron chi connectivity index (χ4n) is 2.43. The summed E-state index contributed by atoms with van der Waals surface area (Å²) in [5, 5.41) is 3.31. The predicted octanol–water partition coefficient (Wildman–Crippen LogP) is 2.55. The summed E-state index contributed by atoms with van der Waals surface area (Å²) in [7, 11) is 1.70. The molecule has 0 amide bonds. The van der Waals surface area contributed by atoms with E-state index in [1.54, 1.807) is 0 Å². The third kappa shape index (κ3) is 2.54. The van der Waals surface area contributed by atoms with Gasteiger partial charge in [0.2, 0.25) is 0 Å². The molecule has 3 heterocycles. The van der Waals surface area contributed by atoms with Crippen LogP contribution in [0.25, 0.3) is 6.08 Å². The van der Waals surface area contributed by atoms with Gasteiger partial charge in [-0.1, -0.05) is 12.1 Å². The number of hydrogen-bond acceptors (Lipinski definition) is 5. The third-order valence-corrected chi connectivity index (χ3v) is 4.47. The zero-order chi connectivity index (χ0) is 15.3. The first kappa shape index (κ1) is 14.4. The van der Waals surface area contributed by atoms with E-state index in [-0.39, 0.29) is 18.3 Å². The standard InChI is InChI=1S/C15H22BN3O2/c1-14(2)15(3,4)21-16(20-14)7-6-11-8-12-13(17-9-11)19(5)10-18-12/h6-9,18H,10H2,1-5H3/b7-6+. The minimum atomic E-state index is -0.320. The molecule has 0 saturated carbocycles. The Bertz CT molecular complexity index is 570. The Labute approximate surface area is 126 Å². The predicted molar refractivity (Wildman–Crippen MR) is 86.2 cm³/mol. The summed E-state index contributed by atoms with van der Waals surface area (Å²) >= 11 is 0. The second-order valence-electron chi connectivity index (χ2n) is 6.66. The van der Waals surface area contributed by atoms with Gasteiger partial charge in [-0.05, 0) is 39.3 Å². The highest BCUT2D eigenvalue weighted by Gasteiger charge is 2.49. The van der Waals surface area contributed by atoms with Crippen LogP contribution in [0.15, 0.2) is 18.2 Å². The molecule has 0 atom stereocenters. The Morgan fingerprint density at radius 3 is 2.62 bits per heavy atom. The summed E-state index contributed by atoms with van der Waals surface area (Å²) in [5.41, 5.74) is 1.49. The topological polar surface area (TPSA) is 46.6 Å². The monoisotopic (exact) mass is 287 g/mol. The number of nitrogens with zero attached hydrogens (tertiary/aromatic N) is 2. The number of rotatable bonds is 2. The fraction of sp³-hybridized carbons (Fsp3) is 0.533. The Hall–Kier alpha value is -1.53. The highest BCUT2D eigenvalue weighted by atomic mass is 16.7. The van der Waals surface area contributed by atoms with Crippen LogP contribution < -0.4 is 10.2 Å². The summed E-state index contributed by atoms with van der Waals surface area (Å²) in [6.45, 7) is 9.01. The molecule has 1 saturated heterocycles. The molecule has 0 spiro atoms. The van der Waals surface area contributed by atoms with Crippen molar-refractivity contribution >= 4 is 24.7 Å². The Kier molecular flexibility index (Phi) is 3.26. The number of anilines is 2. The molecule has 0 aliphatic carbocycles. The van der Waals surface area contributed by atoms with Crippen LogP contribution in [0.4, 0.5) is 11.5 Å². The molecule has 3 rings (SSSR count). The zero-order valence-corrected chi connectivity index (χ0v) is 13.3. The number of hydrogen-bond donors (Lipinski definition) is 1. The van der Waals surface area contributed by atoms with E-state index in [1.165, 1.54) is 0 Å². The van der Waals surface area contributed by atoms with Crippen LogP contribution in [0.3, 0.4) is 0 Å². The average Bonchev–Trinajstić information content (AvgIpc) is 2.85. The van der Waals surface area contributed by atoms with Crippen molar-refractivity contribution in [2.45, 2.75) is 38.9 Å². The second kappa shape index (κ2) is 4.75. The van der Waals surface area contributed by atoms with Gasteiger partial charge in [0.1, 0.15) is 0 Å².